The molecule has 0 aliphatic heterocycles. The van der Waals surface area contributed by atoms with Crippen molar-refractivity contribution in [3.8, 4) is 16.3 Å². The number of imidazole rings is 1. The van der Waals surface area contributed by atoms with Crippen LogP contribution in [0.25, 0.3) is 16.2 Å². The summed E-state index contributed by atoms with van der Waals surface area (Å²) in [4.78, 5) is 17.5. The fraction of sp³-hybridized carbons (Fsp3) is 0.0833. The number of anilines is 1. The van der Waals surface area contributed by atoms with E-state index in [1.807, 2.05) is 72.2 Å². The zero-order chi connectivity index (χ0) is 21.9. The molecule has 2 aromatic carbocycles. The number of carbonyl (C=O) groups excluding carboxylic acids is 1. The summed E-state index contributed by atoms with van der Waals surface area (Å²) in [6, 6.07) is 20.8. The van der Waals surface area contributed by atoms with Crippen molar-refractivity contribution < 1.29 is 9.53 Å². The number of nitrogens with one attached hydrogen (secondary N) is 1. The van der Waals surface area contributed by atoms with E-state index in [4.69, 9.17) is 4.74 Å². The number of carbonyl (C=O) groups is 1. The highest BCUT2D eigenvalue weighted by Gasteiger charge is 2.16. The minimum Gasteiger partial charge on any atom is -0.486 e. The molecule has 0 saturated heterocycles. The highest BCUT2D eigenvalue weighted by atomic mass is 32.1. The summed E-state index contributed by atoms with van der Waals surface area (Å²) in [5, 5.41) is 12.3. The van der Waals surface area contributed by atoms with Gasteiger partial charge in [0.25, 0.3) is 5.91 Å². The number of benzene rings is 2. The topological polar surface area (TPSA) is 81.4 Å². The van der Waals surface area contributed by atoms with Crippen LogP contribution in [-0.2, 0) is 6.61 Å². The van der Waals surface area contributed by atoms with Crippen LogP contribution in [0.2, 0.25) is 0 Å². The average Bonchev–Trinajstić information content (AvgIpc) is 3.46. The highest BCUT2D eigenvalue weighted by molar-refractivity contribution is 7.18. The van der Waals surface area contributed by atoms with Crippen LogP contribution in [0.4, 0.5) is 5.13 Å². The van der Waals surface area contributed by atoms with Crippen molar-refractivity contribution in [3.63, 3.8) is 0 Å². The minimum absolute atomic E-state index is 0.252. The number of aryl methyl sites for hydroxylation is 1. The number of ether oxygens (including phenoxy) is 1. The van der Waals surface area contributed by atoms with Gasteiger partial charge in [-0.3, -0.25) is 10.1 Å². The molecular weight excluding hydrogens is 422 g/mol. The third kappa shape index (κ3) is 4.08. The zero-order valence-electron chi connectivity index (χ0n) is 17.2. The van der Waals surface area contributed by atoms with Crippen LogP contribution in [0.15, 0.2) is 79.1 Å². The Morgan fingerprint density at radius 3 is 2.69 bits per heavy atom. The maximum atomic E-state index is 12.9. The molecule has 3 aromatic heterocycles. The second-order valence-corrected chi connectivity index (χ2v) is 8.15. The summed E-state index contributed by atoms with van der Waals surface area (Å²) in [6.07, 6.45) is 3.88. The Morgan fingerprint density at radius 1 is 1.03 bits per heavy atom. The first-order valence-electron chi connectivity index (χ1n) is 10.0. The second-order valence-electron chi connectivity index (χ2n) is 7.17. The molecule has 8 heteroatoms. The first-order chi connectivity index (χ1) is 15.7. The third-order valence-corrected chi connectivity index (χ3v) is 5.79. The fourth-order valence-corrected chi connectivity index (χ4v) is 4.09. The van der Waals surface area contributed by atoms with E-state index in [1.54, 1.807) is 18.2 Å². The van der Waals surface area contributed by atoms with Crippen molar-refractivity contribution in [2.45, 2.75) is 13.5 Å². The summed E-state index contributed by atoms with van der Waals surface area (Å²) in [7, 11) is 0. The molecule has 0 saturated carbocycles. The summed E-state index contributed by atoms with van der Waals surface area (Å²) in [5.41, 5.74) is 4.14. The van der Waals surface area contributed by atoms with E-state index in [-0.39, 0.29) is 12.5 Å². The van der Waals surface area contributed by atoms with Crippen LogP contribution in [0.1, 0.15) is 21.6 Å². The van der Waals surface area contributed by atoms with Gasteiger partial charge in [0.15, 0.2) is 0 Å². The Bertz CT molecular complexity index is 1390. The number of fused-ring (bicyclic) bond motifs is 1. The van der Waals surface area contributed by atoms with Crippen molar-refractivity contribution in [3.05, 3.63) is 95.9 Å². The van der Waals surface area contributed by atoms with Gasteiger partial charge in [-0.15, -0.1) is 10.2 Å². The summed E-state index contributed by atoms with van der Waals surface area (Å²) < 4.78 is 7.92. The molecule has 1 amide bonds. The Hall–Kier alpha value is -4.04. The Kier molecular flexibility index (Phi) is 5.35. The molecule has 5 rings (SSSR count). The van der Waals surface area contributed by atoms with Crippen LogP contribution in [0.3, 0.4) is 0 Å². The van der Waals surface area contributed by atoms with E-state index >= 15 is 0 Å². The van der Waals surface area contributed by atoms with Gasteiger partial charge < -0.3 is 9.14 Å². The van der Waals surface area contributed by atoms with E-state index in [9.17, 15) is 4.79 Å². The number of para-hydroxylation sites is 1. The van der Waals surface area contributed by atoms with Crippen molar-refractivity contribution in [2.24, 2.45) is 0 Å². The molecule has 158 valence electrons. The molecule has 0 radical (unpaired) electrons. The van der Waals surface area contributed by atoms with Gasteiger partial charge in [0.2, 0.25) is 5.13 Å². The molecule has 0 aliphatic carbocycles. The van der Waals surface area contributed by atoms with E-state index < -0.39 is 0 Å². The molecule has 0 aliphatic rings. The van der Waals surface area contributed by atoms with Gasteiger partial charge in [0.1, 0.15) is 23.0 Å². The van der Waals surface area contributed by atoms with Crippen LogP contribution >= 0.6 is 11.3 Å². The summed E-state index contributed by atoms with van der Waals surface area (Å²) in [5.74, 6) is 0.175. The van der Waals surface area contributed by atoms with Gasteiger partial charge in [-0.05, 0) is 30.7 Å². The van der Waals surface area contributed by atoms with Crippen molar-refractivity contribution in [2.75, 3.05) is 5.32 Å². The number of hydrogen-bond acceptors (Lipinski definition) is 6. The lowest BCUT2D eigenvalue weighted by atomic mass is 10.2. The minimum atomic E-state index is -0.304. The predicted octanol–water partition coefficient (Wildman–Crippen LogP) is 4.99. The van der Waals surface area contributed by atoms with E-state index in [0.29, 0.717) is 16.4 Å². The number of rotatable bonds is 6. The largest absolute Gasteiger partial charge is 0.486 e. The first kappa shape index (κ1) is 19.9. The van der Waals surface area contributed by atoms with Crippen LogP contribution in [0, 0.1) is 6.92 Å². The van der Waals surface area contributed by atoms with Gasteiger partial charge >= 0.3 is 0 Å². The van der Waals surface area contributed by atoms with E-state index in [0.717, 1.165) is 27.5 Å². The number of nitrogens with zero attached hydrogens (tertiary/aromatic N) is 4. The van der Waals surface area contributed by atoms with E-state index in [1.165, 1.54) is 11.3 Å². The number of amides is 1. The van der Waals surface area contributed by atoms with Crippen molar-refractivity contribution in [1.29, 1.82) is 0 Å². The normalized spacial score (nSPS) is 10.9. The van der Waals surface area contributed by atoms with Crippen molar-refractivity contribution in [1.82, 2.24) is 19.6 Å². The van der Waals surface area contributed by atoms with Crippen LogP contribution in [0.5, 0.6) is 5.75 Å². The van der Waals surface area contributed by atoms with Crippen molar-refractivity contribution >= 4 is 28.0 Å². The molecular formula is C24H19N5O2S. The quantitative estimate of drug-likeness (QED) is 0.401. The maximum absolute atomic E-state index is 12.9. The Balaban J connectivity index is 1.31. The van der Waals surface area contributed by atoms with Gasteiger partial charge in [-0.25, -0.2) is 4.98 Å². The van der Waals surface area contributed by atoms with Gasteiger partial charge in [-0.2, -0.15) is 0 Å². The number of pyridine rings is 1. The Morgan fingerprint density at radius 2 is 1.84 bits per heavy atom. The molecule has 7 nitrogen and oxygen atoms in total. The number of hydrogen-bond donors (Lipinski definition) is 1. The van der Waals surface area contributed by atoms with Crippen LogP contribution < -0.4 is 10.1 Å². The third-order valence-electron chi connectivity index (χ3n) is 4.90. The van der Waals surface area contributed by atoms with Gasteiger partial charge in [-0.1, -0.05) is 59.9 Å². The molecule has 0 fully saturated rings. The average molecular weight is 442 g/mol. The molecule has 32 heavy (non-hydrogen) atoms. The molecule has 0 atom stereocenters. The molecule has 0 bridgehead atoms. The second kappa shape index (κ2) is 8.60. The standard InChI is InChI=1S/C24H19N5O2S/c1-16-8-7-13-29-14-18(25-21(16)29)15-31-20-12-6-5-11-19(20)22(30)26-24-28-27-23(32-24)17-9-3-2-4-10-17/h2-14H,15H2,1H3,(H,26,28,30). The summed E-state index contributed by atoms with van der Waals surface area (Å²) >= 11 is 1.32. The Labute approximate surface area is 188 Å². The van der Waals surface area contributed by atoms with E-state index in [2.05, 4.69) is 20.5 Å². The monoisotopic (exact) mass is 441 g/mol. The predicted molar refractivity (Wildman–Crippen MR) is 124 cm³/mol. The van der Waals surface area contributed by atoms with Gasteiger partial charge in [0.05, 0.1) is 11.3 Å². The lowest BCUT2D eigenvalue weighted by Crippen LogP contribution is -2.13. The SMILES string of the molecule is Cc1cccn2cc(COc3ccccc3C(=O)Nc3nnc(-c4ccccc4)s3)nc12. The molecule has 0 spiro atoms. The lowest BCUT2D eigenvalue weighted by molar-refractivity contribution is 0.102. The molecule has 5 aromatic rings. The van der Waals surface area contributed by atoms with Gasteiger partial charge in [0, 0.05) is 18.0 Å². The molecule has 0 unspecified atom stereocenters. The first-order valence-corrected chi connectivity index (χ1v) is 10.8. The van der Waals surface area contributed by atoms with Crippen LogP contribution in [-0.4, -0.2) is 25.5 Å². The highest BCUT2D eigenvalue weighted by Crippen LogP contribution is 2.27. The fourth-order valence-electron chi connectivity index (χ4n) is 3.34. The molecule has 1 N–H and O–H groups in total. The zero-order valence-corrected chi connectivity index (χ0v) is 18.0. The smallest absolute Gasteiger partial charge is 0.261 e. The number of aromatic nitrogens is 4. The maximum Gasteiger partial charge on any atom is 0.261 e. The lowest BCUT2D eigenvalue weighted by Gasteiger charge is -2.09. The molecule has 3 heterocycles. The summed E-state index contributed by atoms with van der Waals surface area (Å²) in [6.45, 7) is 2.27.